The third kappa shape index (κ3) is 6.18. The fraction of sp³-hybridized carbons (Fsp3) is 0.571. The van der Waals surface area contributed by atoms with Crippen LogP contribution in [0.4, 0.5) is 0 Å². The van der Waals surface area contributed by atoms with Crippen molar-refractivity contribution in [3.05, 3.63) is 35.4 Å². The van der Waals surface area contributed by atoms with Gasteiger partial charge < -0.3 is 0 Å². The Kier molecular flexibility index (Phi) is 5.97. The minimum absolute atomic E-state index is 0.332. The van der Waals surface area contributed by atoms with Crippen molar-refractivity contribution in [2.24, 2.45) is 0 Å². The Morgan fingerprint density at radius 2 is 1.84 bits per heavy atom. The largest absolute Gasteiger partial charge is 0.300 e. The first kappa shape index (κ1) is 16.1. The van der Waals surface area contributed by atoms with Gasteiger partial charge in [-0.25, -0.2) is 13.1 Å². The second-order valence-corrected chi connectivity index (χ2v) is 6.92. The predicted octanol–water partition coefficient (Wildman–Crippen LogP) is 1.93. The molecule has 0 spiro atoms. The molecule has 0 amide bonds. The van der Waals surface area contributed by atoms with E-state index in [-0.39, 0.29) is 0 Å². The van der Waals surface area contributed by atoms with Gasteiger partial charge in [0, 0.05) is 12.6 Å². The summed E-state index contributed by atoms with van der Waals surface area (Å²) in [6.07, 6.45) is 1.99. The van der Waals surface area contributed by atoms with Gasteiger partial charge in [-0.15, -0.1) is 0 Å². The Balaban J connectivity index is 2.40. The van der Waals surface area contributed by atoms with E-state index in [0.29, 0.717) is 12.6 Å². The van der Waals surface area contributed by atoms with Crippen LogP contribution >= 0.6 is 0 Å². The van der Waals surface area contributed by atoms with Gasteiger partial charge in [-0.1, -0.05) is 29.8 Å². The van der Waals surface area contributed by atoms with Crippen LogP contribution in [0.25, 0.3) is 0 Å². The Labute approximate surface area is 116 Å². The maximum atomic E-state index is 10.9. The summed E-state index contributed by atoms with van der Waals surface area (Å²) in [4.78, 5) is 2.23. The number of rotatable bonds is 7. The van der Waals surface area contributed by atoms with Crippen molar-refractivity contribution >= 4 is 10.0 Å². The van der Waals surface area contributed by atoms with Crippen LogP contribution in [-0.2, 0) is 10.0 Å². The van der Waals surface area contributed by atoms with E-state index in [1.165, 1.54) is 17.4 Å². The molecule has 1 rings (SSSR count). The molecule has 1 N–H and O–H groups in total. The summed E-state index contributed by atoms with van der Waals surface area (Å²) in [5.74, 6) is 0. The number of hydrogen-bond acceptors (Lipinski definition) is 3. The molecule has 1 atom stereocenters. The van der Waals surface area contributed by atoms with Crippen molar-refractivity contribution in [2.45, 2.75) is 26.3 Å². The van der Waals surface area contributed by atoms with E-state index < -0.39 is 10.0 Å². The summed E-state index contributed by atoms with van der Waals surface area (Å²) in [5.41, 5.74) is 2.54. The van der Waals surface area contributed by atoms with E-state index in [4.69, 9.17) is 0 Å². The fourth-order valence-corrected chi connectivity index (χ4v) is 2.39. The van der Waals surface area contributed by atoms with E-state index in [1.807, 2.05) is 0 Å². The number of hydrogen-bond donors (Lipinski definition) is 1. The maximum Gasteiger partial charge on any atom is 0.208 e. The van der Waals surface area contributed by atoms with E-state index in [9.17, 15) is 8.42 Å². The molecule has 0 fully saturated rings. The van der Waals surface area contributed by atoms with Crippen molar-refractivity contribution in [2.75, 3.05) is 26.4 Å². The van der Waals surface area contributed by atoms with Crippen molar-refractivity contribution in [1.82, 2.24) is 9.62 Å². The van der Waals surface area contributed by atoms with Crippen LogP contribution in [0.5, 0.6) is 0 Å². The van der Waals surface area contributed by atoms with Crippen LogP contribution in [0.2, 0.25) is 0 Å². The average Bonchev–Trinajstić information content (AvgIpc) is 2.33. The van der Waals surface area contributed by atoms with Gasteiger partial charge in [0.15, 0.2) is 0 Å². The van der Waals surface area contributed by atoms with Crippen LogP contribution in [0.1, 0.15) is 30.5 Å². The molecular weight excluding hydrogens is 260 g/mol. The van der Waals surface area contributed by atoms with Gasteiger partial charge in [0.05, 0.1) is 6.26 Å². The minimum Gasteiger partial charge on any atom is -0.300 e. The van der Waals surface area contributed by atoms with E-state index in [0.717, 1.165) is 13.0 Å². The molecule has 0 heterocycles. The lowest BCUT2D eigenvalue weighted by atomic mass is 10.1. The monoisotopic (exact) mass is 284 g/mol. The lowest BCUT2D eigenvalue weighted by Gasteiger charge is -2.25. The topological polar surface area (TPSA) is 49.4 Å². The summed E-state index contributed by atoms with van der Waals surface area (Å²) >= 11 is 0. The van der Waals surface area contributed by atoms with Crippen LogP contribution in [-0.4, -0.2) is 39.7 Å². The van der Waals surface area contributed by atoms with Gasteiger partial charge in [0.1, 0.15) is 0 Å². The molecule has 0 aliphatic rings. The first-order valence-corrected chi connectivity index (χ1v) is 8.40. The molecule has 4 nitrogen and oxygen atoms in total. The third-order valence-corrected chi connectivity index (χ3v) is 4.00. The molecule has 108 valence electrons. The second kappa shape index (κ2) is 7.03. The highest BCUT2D eigenvalue weighted by Gasteiger charge is 2.11. The smallest absolute Gasteiger partial charge is 0.208 e. The van der Waals surface area contributed by atoms with Crippen molar-refractivity contribution in [3.8, 4) is 0 Å². The zero-order chi connectivity index (χ0) is 14.5. The molecular formula is C14H24N2O2S. The molecule has 0 saturated carbocycles. The lowest BCUT2D eigenvalue weighted by Crippen LogP contribution is -2.28. The van der Waals surface area contributed by atoms with E-state index >= 15 is 0 Å². The van der Waals surface area contributed by atoms with Gasteiger partial charge in [-0.3, -0.25) is 4.90 Å². The molecule has 1 unspecified atom stereocenters. The molecule has 0 aliphatic carbocycles. The summed E-state index contributed by atoms with van der Waals surface area (Å²) in [6.45, 7) is 5.59. The third-order valence-electron chi connectivity index (χ3n) is 3.27. The quantitative estimate of drug-likeness (QED) is 0.778. The Hall–Kier alpha value is -0.910. The van der Waals surface area contributed by atoms with E-state index in [1.54, 1.807) is 0 Å². The number of aryl methyl sites for hydroxylation is 1. The summed E-state index contributed by atoms with van der Waals surface area (Å²) in [6, 6.07) is 8.85. The van der Waals surface area contributed by atoms with Crippen LogP contribution in [0.15, 0.2) is 24.3 Å². The normalized spacial score (nSPS) is 13.7. The highest BCUT2D eigenvalue weighted by Crippen LogP contribution is 2.18. The number of sulfonamides is 1. The lowest BCUT2D eigenvalue weighted by molar-refractivity contribution is 0.259. The van der Waals surface area contributed by atoms with Crippen LogP contribution in [0.3, 0.4) is 0 Å². The highest BCUT2D eigenvalue weighted by molar-refractivity contribution is 7.88. The van der Waals surface area contributed by atoms with Gasteiger partial charge in [0.2, 0.25) is 10.0 Å². The number of nitrogens with zero attached hydrogens (tertiary/aromatic N) is 1. The first-order valence-electron chi connectivity index (χ1n) is 6.51. The number of benzene rings is 1. The van der Waals surface area contributed by atoms with Crippen molar-refractivity contribution in [3.63, 3.8) is 0 Å². The molecule has 0 bridgehead atoms. The molecule has 0 radical (unpaired) electrons. The minimum atomic E-state index is -3.07. The molecule has 0 aliphatic heterocycles. The van der Waals surface area contributed by atoms with Gasteiger partial charge in [-0.05, 0) is 39.4 Å². The zero-order valence-electron chi connectivity index (χ0n) is 12.2. The van der Waals surface area contributed by atoms with Crippen molar-refractivity contribution < 1.29 is 8.42 Å². The molecule has 1 aromatic rings. The van der Waals surface area contributed by atoms with Gasteiger partial charge >= 0.3 is 0 Å². The summed E-state index contributed by atoms with van der Waals surface area (Å²) < 4.78 is 24.4. The predicted molar refractivity (Wildman–Crippen MR) is 79.7 cm³/mol. The Bertz CT molecular complexity index is 483. The Morgan fingerprint density at radius 1 is 1.26 bits per heavy atom. The molecule has 5 heteroatoms. The van der Waals surface area contributed by atoms with E-state index in [2.05, 4.69) is 54.8 Å². The zero-order valence-corrected chi connectivity index (χ0v) is 13.0. The molecule has 0 aromatic heterocycles. The van der Waals surface area contributed by atoms with Crippen LogP contribution in [0, 0.1) is 6.92 Å². The highest BCUT2D eigenvalue weighted by atomic mass is 32.2. The summed E-state index contributed by atoms with van der Waals surface area (Å²) in [7, 11) is -1.01. The molecule has 0 saturated heterocycles. The molecule has 19 heavy (non-hydrogen) atoms. The van der Waals surface area contributed by atoms with Crippen LogP contribution < -0.4 is 4.72 Å². The van der Waals surface area contributed by atoms with Crippen molar-refractivity contribution in [1.29, 1.82) is 0 Å². The average molecular weight is 284 g/mol. The van der Waals surface area contributed by atoms with Gasteiger partial charge in [0.25, 0.3) is 0 Å². The molecule has 1 aromatic carbocycles. The van der Waals surface area contributed by atoms with Gasteiger partial charge in [-0.2, -0.15) is 0 Å². The second-order valence-electron chi connectivity index (χ2n) is 5.09. The standard InChI is InChI=1S/C14H24N2O2S/c1-12-6-8-14(9-7-12)13(2)16(3)11-5-10-15-19(4,17)18/h6-9,13,15H,5,10-11H2,1-4H3. The maximum absolute atomic E-state index is 10.9. The summed E-state index contributed by atoms with van der Waals surface area (Å²) in [5, 5.41) is 0. The fourth-order valence-electron chi connectivity index (χ4n) is 1.88. The first-order chi connectivity index (χ1) is 8.79. The SMILES string of the molecule is Cc1ccc(C(C)N(C)CCCNS(C)(=O)=O)cc1. The Morgan fingerprint density at radius 3 is 2.37 bits per heavy atom. The number of nitrogens with one attached hydrogen (secondary N) is 1.